The molecule has 3 rings (SSSR count). The van der Waals surface area contributed by atoms with Crippen LogP contribution in [0.25, 0.3) is 0 Å². The predicted octanol–water partition coefficient (Wildman–Crippen LogP) is 0.715. The van der Waals surface area contributed by atoms with Gasteiger partial charge in [-0.15, -0.1) is 11.8 Å². The van der Waals surface area contributed by atoms with Crippen molar-refractivity contribution in [1.82, 2.24) is 19.6 Å². The minimum absolute atomic E-state index is 0.0669. The highest BCUT2D eigenvalue weighted by Gasteiger charge is 2.32. The Morgan fingerprint density at radius 1 is 1.52 bits per heavy atom. The van der Waals surface area contributed by atoms with Gasteiger partial charge >= 0.3 is 0 Å². The number of thioether (sulfide) groups is 1. The largest absolute Gasteiger partial charge is 0.336 e. The zero-order valence-corrected chi connectivity index (χ0v) is 13.0. The first-order chi connectivity index (χ1) is 10.1. The summed E-state index contributed by atoms with van der Waals surface area (Å²) in [5.74, 6) is 1.29. The average Bonchev–Trinajstić information content (AvgIpc) is 3.14. The molecule has 2 fully saturated rings. The van der Waals surface area contributed by atoms with Crippen molar-refractivity contribution in [1.29, 1.82) is 0 Å². The molecule has 1 aromatic rings. The fourth-order valence-corrected chi connectivity index (χ4v) is 3.84. The molecule has 0 bridgehead atoms. The van der Waals surface area contributed by atoms with Crippen LogP contribution in [0.1, 0.15) is 18.4 Å². The van der Waals surface area contributed by atoms with Gasteiger partial charge in [0.15, 0.2) is 0 Å². The van der Waals surface area contributed by atoms with Gasteiger partial charge in [-0.1, -0.05) is 0 Å². The van der Waals surface area contributed by atoms with E-state index < -0.39 is 0 Å². The fraction of sp³-hybridized carbons (Fsp3) is 0.643. The molecule has 2 amide bonds. The third-order valence-electron chi connectivity index (χ3n) is 4.01. The van der Waals surface area contributed by atoms with Crippen molar-refractivity contribution in [3.05, 3.63) is 18.0 Å². The zero-order valence-electron chi connectivity index (χ0n) is 12.2. The minimum atomic E-state index is 0.0669. The maximum Gasteiger partial charge on any atom is 0.242 e. The van der Waals surface area contributed by atoms with E-state index in [2.05, 4.69) is 5.10 Å². The fourth-order valence-electron chi connectivity index (χ4n) is 2.93. The van der Waals surface area contributed by atoms with Crippen LogP contribution in [0.3, 0.4) is 0 Å². The Kier molecular flexibility index (Phi) is 4.19. The molecular formula is C14H20N4O2S. The lowest BCUT2D eigenvalue weighted by Crippen LogP contribution is -2.44. The number of hydrogen-bond donors (Lipinski definition) is 0. The van der Waals surface area contributed by atoms with Crippen molar-refractivity contribution in [3.8, 4) is 0 Å². The highest BCUT2D eigenvalue weighted by Crippen LogP contribution is 2.21. The van der Waals surface area contributed by atoms with Gasteiger partial charge in [0.1, 0.15) is 6.54 Å². The van der Waals surface area contributed by atoms with E-state index in [1.54, 1.807) is 16.7 Å². The standard InChI is InChI=1S/C14H20N4O2S/c1-11-5-15-17(6-11)7-12-3-2-4-18(12)13(19)8-16-10-21-9-14(16)20/h5-6,12H,2-4,7-10H2,1H3. The summed E-state index contributed by atoms with van der Waals surface area (Å²) in [6, 6.07) is 0.196. The molecule has 7 heteroatoms. The van der Waals surface area contributed by atoms with Crippen LogP contribution in [0.2, 0.25) is 0 Å². The molecule has 0 spiro atoms. The molecule has 0 aromatic carbocycles. The Labute approximate surface area is 128 Å². The van der Waals surface area contributed by atoms with Crippen molar-refractivity contribution in [2.75, 3.05) is 24.7 Å². The number of carbonyl (C=O) groups is 2. The van der Waals surface area contributed by atoms with Crippen molar-refractivity contribution in [3.63, 3.8) is 0 Å². The van der Waals surface area contributed by atoms with Gasteiger partial charge in [-0.25, -0.2) is 0 Å². The number of likely N-dealkylation sites (tertiary alicyclic amines) is 1. The Morgan fingerprint density at radius 2 is 2.38 bits per heavy atom. The Hall–Kier alpha value is -1.50. The maximum atomic E-state index is 12.4. The van der Waals surface area contributed by atoms with Gasteiger partial charge in [-0.05, 0) is 25.3 Å². The molecule has 0 saturated carbocycles. The molecule has 2 saturated heterocycles. The highest BCUT2D eigenvalue weighted by atomic mass is 32.2. The van der Waals surface area contributed by atoms with Crippen LogP contribution in [0.5, 0.6) is 0 Å². The summed E-state index contributed by atoms with van der Waals surface area (Å²) in [5, 5.41) is 4.30. The third kappa shape index (κ3) is 3.23. The second kappa shape index (κ2) is 6.09. The number of nitrogens with zero attached hydrogens (tertiary/aromatic N) is 4. The van der Waals surface area contributed by atoms with Gasteiger partial charge in [0.05, 0.1) is 30.4 Å². The van der Waals surface area contributed by atoms with E-state index in [1.165, 1.54) is 0 Å². The molecule has 1 aromatic heterocycles. The molecule has 0 N–H and O–H groups in total. The minimum Gasteiger partial charge on any atom is -0.336 e. The number of hydrogen-bond acceptors (Lipinski definition) is 4. The maximum absolute atomic E-state index is 12.4. The lowest BCUT2D eigenvalue weighted by atomic mass is 10.2. The first-order valence-corrected chi connectivity index (χ1v) is 8.43. The summed E-state index contributed by atoms with van der Waals surface area (Å²) in [5.41, 5.74) is 1.13. The summed E-state index contributed by atoms with van der Waals surface area (Å²) in [4.78, 5) is 27.6. The summed E-state index contributed by atoms with van der Waals surface area (Å²) in [7, 11) is 0. The van der Waals surface area contributed by atoms with Crippen LogP contribution in [0, 0.1) is 6.92 Å². The second-order valence-corrected chi connectivity index (χ2v) is 6.65. The van der Waals surface area contributed by atoms with E-state index in [0.29, 0.717) is 11.6 Å². The number of carbonyl (C=O) groups excluding carboxylic acids is 2. The van der Waals surface area contributed by atoms with Gasteiger partial charge in [-0.3, -0.25) is 14.3 Å². The summed E-state index contributed by atoms with van der Waals surface area (Å²) < 4.78 is 1.91. The molecule has 0 aliphatic carbocycles. The molecule has 2 aliphatic rings. The average molecular weight is 308 g/mol. The van der Waals surface area contributed by atoms with Crippen molar-refractivity contribution in [2.24, 2.45) is 0 Å². The normalized spacial score (nSPS) is 22.3. The molecule has 6 nitrogen and oxygen atoms in total. The number of rotatable bonds is 4. The SMILES string of the molecule is Cc1cnn(CC2CCCN2C(=O)CN2CSCC2=O)c1. The first kappa shape index (κ1) is 14.4. The van der Waals surface area contributed by atoms with Crippen LogP contribution in [-0.4, -0.2) is 62.2 Å². The van der Waals surface area contributed by atoms with Gasteiger partial charge in [0.25, 0.3) is 0 Å². The molecule has 3 heterocycles. The number of amides is 2. The summed E-state index contributed by atoms with van der Waals surface area (Å²) >= 11 is 1.57. The Bertz CT molecular complexity index is 545. The van der Waals surface area contributed by atoms with Crippen molar-refractivity contribution >= 4 is 23.6 Å². The molecular weight excluding hydrogens is 288 g/mol. The predicted molar refractivity (Wildman–Crippen MR) is 80.7 cm³/mol. The second-order valence-electron chi connectivity index (χ2n) is 5.69. The Morgan fingerprint density at radius 3 is 3.05 bits per heavy atom. The molecule has 1 atom stereocenters. The van der Waals surface area contributed by atoms with Crippen LogP contribution in [0.15, 0.2) is 12.4 Å². The van der Waals surface area contributed by atoms with Crippen molar-refractivity contribution in [2.45, 2.75) is 32.4 Å². The van der Waals surface area contributed by atoms with E-state index in [4.69, 9.17) is 0 Å². The lowest BCUT2D eigenvalue weighted by molar-refractivity contribution is -0.138. The molecule has 21 heavy (non-hydrogen) atoms. The highest BCUT2D eigenvalue weighted by molar-refractivity contribution is 8.00. The van der Waals surface area contributed by atoms with Crippen molar-refractivity contribution < 1.29 is 9.59 Å². The Balaban J connectivity index is 1.60. The van der Waals surface area contributed by atoms with E-state index in [9.17, 15) is 9.59 Å². The molecule has 0 radical (unpaired) electrons. The lowest BCUT2D eigenvalue weighted by Gasteiger charge is -2.26. The van der Waals surface area contributed by atoms with Crippen LogP contribution in [-0.2, 0) is 16.1 Å². The topological polar surface area (TPSA) is 58.4 Å². The molecule has 2 aliphatic heterocycles. The summed E-state index contributed by atoms with van der Waals surface area (Å²) in [6.45, 7) is 3.76. The molecule has 1 unspecified atom stereocenters. The van der Waals surface area contributed by atoms with Crippen LogP contribution >= 0.6 is 11.8 Å². The van der Waals surface area contributed by atoms with Gasteiger partial charge in [0.2, 0.25) is 11.8 Å². The van der Waals surface area contributed by atoms with Gasteiger partial charge in [-0.2, -0.15) is 5.10 Å². The first-order valence-electron chi connectivity index (χ1n) is 7.27. The molecule has 114 valence electrons. The van der Waals surface area contributed by atoms with Gasteiger partial charge in [0, 0.05) is 12.7 Å². The number of aryl methyl sites for hydroxylation is 1. The quantitative estimate of drug-likeness (QED) is 0.822. The van der Waals surface area contributed by atoms with Crippen LogP contribution in [0.4, 0.5) is 0 Å². The third-order valence-corrected chi connectivity index (χ3v) is 4.95. The van der Waals surface area contributed by atoms with E-state index in [1.807, 2.05) is 28.9 Å². The smallest absolute Gasteiger partial charge is 0.242 e. The van der Waals surface area contributed by atoms with E-state index in [0.717, 1.165) is 31.5 Å². The van der Waals surface area contributed by atoms with Gasteiger partial charge < -0.3 is 9.80 Å². The van der Waals surface area contributed by atoms with E-state index >= 15 is 0 Å². The van der Waals surface area contributed by atoms with Crippen LogP contribution < -0.4 is 0 Å². The van der Waals surface area contributed by atoms with E-state index in [-0.39, 0.29) is 24.4 Å². The monoisotopic (exact) mass is 308 g/mol. The zero-order chi connectivity index (χ0) is 14.8. The number of aromatic nitrogens is 2. The summed E-state index contributed by atoms with van der Waals surface area (Å²) in [6.07, 6.45) is 5.87.